The summed E-state index contributed by atoms with van der Waals surface area (Å²) < 4.78 is 24.8. The van der Waals surface area contributed by atoms with E-state index in [9.17, 15) is 13.6 Å². The lowest BCUT2D eigenvalue weighted by Crippen LogP contribution is -2.09. The first-order valence-electron chi connectivity index (χ1n) is 4.02. The summed E-state index contributed by atoms with van der Waals surface area (Å²) in [5.41, 5.74) is 0.518. The number of hydrogen-bond acceptors (Lipinski definition) is 1. The molecule has 1 aromatic rings. The van der Waals surface area contributed by atoms with Crippen molar-refractivity contribution in [2.24, 2.45) is 0 Å². The zero-order valence-electron chi connectivity index (χ0n) is 6.99. The number of carbonyl (C=O) groups is 1. The van der Waals surface area contributed by atoms with Crippen molar-refractivity contribution in [2.75, 3.05) is 0 Å². The molecule has 0 aliphatic heterocycles. The van der Waals surface area contributed by atoms with Crippen LogP contribution in [0.15, 0.2) is 30.3 Å². The lowest BCUT2D eigenvalue weighted by atomic mass is 9.97. The molecule has 0 aliphatic rings. The Bertz CT molecular complexity index is 259. The molecular weight excluding hydrogens is 174 g/mol. The largest absolute Gasteiger partial charge is 0.303 e. The topological polar surface area (TPSA) is 17.1 Å². The van der Waals surface area contributed by atoms with E-state index in [0.29, 0.717) is 11.8 Å². The van der Waals surface area contributed by atoms with Crippen molar-refractivity contribution in [3.8, 4) is 0 Å². The van der Waals surface area contributed by atoms with Gasteiger partial charge in [-0.1, -0.05) is 30.3 Å². The van der Waals surface area contributed by atoms with Crippen LogP contribution in [0.1, 0.15) is 17.9 Å². The van der Waals surface area contributed by atoms with Gasteiger partial charge in [0.1, 0.15) is 6.29 Å². The highest BCUT2D eigenvalue weighted by Crippen LogP contribution is 2.25. The van der Waals surface area contributed by atoms with Gasteiger partial charge in [-0.2, -0.15) is 0 Å². The number of halogens is 2. The fourth-order valence-corrected chi connectivity index (χ4v) is 1.19. The lowest BCUT2D eigenvalue weighted by molar-refractivity contribution is -0.109. The molecule has 1 atom stereocenters. The maximum absolute atomic E-state index is 12.4. The Balaban J connectivity index is 2.82. The normalized spacial score (nSPS) is 12.8. The molecule has 0 spiro atoms. The number of hydrogen-bond donors (Lipinski definition) is 0. The SMILES string of the molecule is O=CC[C@@H](c1ccccc1)C(F)F. The zero-order valence-corrected chi connectivity index (χ0v) is 6.99. The van der Waals surface area contributed by atoms with Crippen LogP contribution in [0, 0.1) is 0 Å². The van der Waals surface area contributed by atoms with Crippen LogP contribution in [0.5, 0.6) is 0 Å². The van der Waals surface area contributed by atoms with Gasteiger partial charge in [-0.3, -0.25) is 0 Å². The Kier molecular flexibility index (Phi) is 3.55. The quantitative estimate of drug-likeness (QED) is 0.657. The van der Waals surface area contributed by atoms with Crippen LogP contribution >= 0.6 is 0 Å². The third-order valence-electron chi connectivity index (χ3n) is 1.88. The third kappa shape index (κ3) is 2.61. The molecule has 0 aromatic heterocycles. The second-order valence-corrected chi connectivity index (χ2v) is 2.75. The van der Waals surface area contributed by atoms with Crippen LogP contribution in [-0.2, 0) is 4.79 Å². The number of aldehydes is 1. The Hall–Kier alpha value is -1.25. The summed E-state index contributed by atoms with van der Waals surface area (Å²) in [6.07, 6.45) is -2.07. The van der Waals surface area contributed by atoms with Crippen molar-refractivity contribution in [2.45, 2.75) is 18.8 Å². The standard InChI is InChI=1S/C10H10F2O/c11-10(12)9(6-7-13)8-4-2-1-3-5-8/h1-5,7,9-10H,6H2/t9-/m0/s1. The maximum Gasteiger partial charge on any atom is 0.245 e. The first-order valence-corrected chi connectivity index (χ1v) is 4.02. The average molecular weight is 184 g/mol. The Morgan fingerprint density at radius 1 is 1.23 bits per heavy atom. The van der Waals surface area contributed by atoms with Gasteiger partial charge in [0.2, 0.25) is 6.43 Å². The Morgan fingerprint density at radius 3 is 2.31 bits per heavy atom. The highest BCUT2D eigenvalue weighted by Gasteiger charge is 2.21. The molecule has 0 amide bonds. The van der Waals surface area contributed by atoms with E-state index in [1.165, 1.54) is 0 Å². The van der Waals surface area contributed by atoms with Crippen LogP contribution in [0.2, 0.25) is 0 Å². The highest BCUT2D eigenvalue weighted by atomic mass is 19.3. The van der Waals surface area contributed by atoms with Crippen molar-refractivity contribution >= 4 is 6.29 Å². The van der Waals surface area contributed by atoms with Gasteiger partial charge in [0.15, 0.2) is 0 Å². The van der Waals surface area contributed by atoms with Gasteiger partial charge in [0.25, 0.3) is 0 Å². The molecule has 0 fully saturated rings. The van der Waals surface area contributed by atoms with Gasteiger partial charge >= 0.3 is 0 Å². The van der Waals surface area contributed by atoms with Crippen molar-refractivity contribution in [3.63, 3.8) is 0 Å². The van der Waals surface area contributed by atoms with Crippen LogP contribution in [0.25, 0.3) is 0 Å². The molecule has 1 nitrogen and oxygen atoms in total. The van der Waals surface area contributed by atoms with Crippen molar-refractivity contribution in [3.05, 3.63) is 35.9 Å². The molecule has 13 heavy (non-hydrogen) atoms. The van der Waals surface area contributed by atoms with Gasteiger partial charge in [-0.05, 0) is 5.56 Å². The molecule has 0 aliphatic carbocycles. The van der Waals surface area contributed by atoms with Gasteiger partial charge < -0.3 is 4.79 Å². The fraction of sp³-hybridized carbons (Fsp3) is 0.300. The van der Waals surface area contributed by atoms with E-state index >= 15 is 0 Å². The van der Waals surface area contributed by atoms with Gasteiger partial charge in [-0.15, -0.1) is 0 Å². The van der Waals surface area contributed by atoms with E-state index < -0.39 is 12.3 Å². The predicted molar refractivity (Wildman–Crippen MR) is 45.9 cm³/mol. The minimum absolute atomic E-state index is 0.123. The van der Waals surface area contributed by atoms with Gasteiger partial charge in [-0.25, -0.2) is 8.78 Å². The molecule has 0 saturated carbocycles. The maximum atomic E-state index is 12.4. The van der Waals surface area contributed by atoms with E-state index in [-0.39, 0.29) is 6.42 Å². The molecular formula is C10H10F2O. The summed E-state index contributed by atoms with van der Waals surface area (Å²) in [5, 5.41) is 0. The van der Waals surface area contributed by atoms with E-state index in [0.717, 1.165) is 0 Å². The smallest absolute Gasteiger partial charge is 0.245 e. The molecule has 70 valence electrons. The molecule has 0 radical (unpaired) electrons. The summed E-state index contributed by atoms with van der Waals surface area (Å²) >= 11 is 0. The molecule has 0 saturated heterocycles. The van der Waals surface area contributed by atoms with Gasteiger partial charge in [0.05, 0.1) is 5.92 Å². The monoisotopic (exact) mass is 184 g/mol. The van der Waals surface area contributed by atoms with Gasteiger partial charge in [0, 0.05) is 6.42 Å². The van der Waals surface area contributed by atoms with E-state index in [1.807, 2.05) is 0 Å². The van der Waals surface area contributed by atoms with E-state index in [1.54, 1.807) is 30.3 Å². The molecule has 1 aromatic carbocycles. The van der Waals surface area contributed by atoms with Crippen LogP contribution in [0.4, 0.5) is 8.78 Å². The predicted octanol–water partition coefficient (Wildman–Crippen LogP) is 2.62. The summed E-state index contributed by atoms with van der Waals surface area (Å²) in [7, 11) is 0. The lowest BCUT2D eigenvalue weighted by Gasteiger charge is -2.12. The van der Waals surface area contributed by atoms with E-state index in [4.69, 9.17) is 0 Å². The minimum Gasteiger partial charge on any atom is -0.303 e. The molecule has 3 heteroatoms. The van der Waals surface area contributed by atoms with Crippen LogP contribution in [-0.4, -0.2) is 12.7 Å². The van der Waals surface area contributed by atoms with Crippen molar-refractivity contribution in [1.82, 2.24) is 0 Å². The second kappa shape index (κ2) is 4.70. The molecule has 0 N–H and O–H groups in total. The number of alkyl halides is 2. The third-order valence-corrected chi connectivity index (χ3v) is 1.88. The number of benzene rings is 1. The first-order chi connectivity index (χ1) is 6.25. The van der Waals surface area contributed by atoms with Crippen molar-refractivity contribution < 1.29 is 13.6 Å². The summed E-state index contributed by atoms with van der Waals surface area (Å²) in [6.45, 7) is 0. The van der Waals surface area contributed by atoms with Crippen molar-refractivity contribution in [1.29, 1.82) is 0 Å². The average Bonchev–Trinajstić information content (AvgIpc) is 2.15. The second-order valence-electron chi connectivity index (χ2n) is 2.75. The number of rotatable bonds is 4. The zero-order chi connectivity index (χ0) is 9.68. The highest BCUT2D eigenvalue weighted by molar-refractivity contribution is 5.51. The van der Waals surface area contributed by atoms with Crippen LogP contribution in [0.3, 0.4) is 0 Å². The molecule has 0 unspecified atom stereocenters. The number of carbonyl (C=O) groups excluding carboxylic acids is 1. The summed E-state index contributed by atoms with van der Waals surface area (Å²) in [6, 6.07) is 8.36. The molecule has 0 heterocycles. The summed E-state index contributed by atoms with van der Waals surface area (Å²) in [4.78, 5) is 10.2. The van der Waals surface area contributed by atoms with Crippen LogP contribution < -0.4 is 0 Å². The fourth-order valence-electron chi connectivity index (χ4n) is 1.19. The first kappa shape index (κ1) is 9.84. The Labute approximate surface area is 75.4 Å². The van der Waals surface area contributed by atoms with E-state index in [2.05, 4.69) is 0 Å². The minimum atomic E-state index is -2.48. The summed E-state index contributed by atoms with van der Waals surface area (Å²) in [5.74, 6) is -0.960. The Morgan fingerprint density at radius 2 is 1.85 bits per heavy atom. The molecule has 0 bridgehead atoms. The molecule has 1 rings (SSSR count).